The molecule has 1 atom stereocenters. The lowest BCUT2D eigenvalue weighted by Crippen LogP contribution is -2.23. The average Bonchev–Trinajstić information content (AvgIpc) is 3.31. The van der Waals surface area contributed by atoms with E-state index in [2.05, 4.69) is 20.3 Å². The minimum Gasteiger partial charge on any atom is -0.406 e. The highest BCUT2D eigenvalue weighted by Crippen LogP contribution is 2.30. The fourth-order valence-corrected chi connectivity index (χ4v) is 4.07. The van der Waals surface area contributed by atoms with Gasteiger partial charge in [0, 0.05) is 12.2 Å². The summed E-state index contributed by atoms with van der Waals surface area (Å²) in [5.41, 5.74) is 0.369. The highest BCUT2D eigenvalue weighted by Gasteiger charge is 2.31. The van der Waals surface area contributed by atoms with E-state index in [4.69, 9.17) is 0 Å². The molecule has 6 nitrogen and oxygen atoms in total. The summed E-state index contributed by atoms with van der Waals surface area (Å²) in [6.07, 6.45) is -4.76. The molecule has 2 heterocycles. The average molecular weight is 442 g/mol. The molecule has 0 saturated heterocycles. The minimum atomic E-state index is -4.76. The van der Waals surface area contributed by atoms with Gasteiger partial charge in [-0.15, -0.1) is 34.7 Å². The first-order valence-corrected chi connectivity index (χ1v) is 10.3. The second-order valence-corrected chi connectivity index (χ2v) is 8.10. The summed E-state index contributed by atoms with van der Waals surface area (Å²) < 4.78 is 42.4. The van der Waals surface area contributed by atoms with Gasteiger partial charge in [0.1, 0.15) is 5.75 Å². The number of ether oxygens (including phenoxy) is 1. The third-order valence-corrected chi connectivity index (χ3v) is 5.73. The van der Waals surface area contributed by atoms with Crippen LogP contribution in [0.4, 0.5) is 18.9 Å². The van der Waals surface area contributed by atoms with Crippen LogP contribution in [0, 0.1) is 0 Å². The van der Waals surface area contributed by atoms with Crippen molar-refractivity contribution in [1.29, 1.82) is 0 Å². The Kier molecular flexibility index (Phi) is 6.48. The monoisotopic (exact) mass is 442 g/mol. The van der Waals surface area contributed by atoms with Crippen molar-refractivity contribution >= 4 is 34.7 Å². The van der Waals surface area contributed by atoms with Gasteiger partial charge >= 0.3 is 6.36 Å². The summed E-state index contributed by atoms with van der Waals surface area (Å²) in [5.74, 6) is 0.0933. The van der Waals surface area contributed by atoms with E-state index < -0.39 is 11.6 Å². The lowest BCUT2D eigenvalue weighted by atomic mass is 10.3. The summed E-state index contributed by atoms with van der Waals surface area (Å²) in [4.78, 5) is 13.5. The normalized spacial score (nSPS) is 12.6. The molecule has 29 heavy (non-hydrogen) atoms. The van der Waals surface area contributed by atoms with Crippen LogP contribution in [-0.2, 0) is 11.3 Å². The van der Waals surface area contributed by atoms with Crippen molar-refractivity contribution in [3.8, 4) is 16.5 Å². The van der Waals surface area contributed by atoms with Crippen molar-refractivity contribution < 1.29 is 22.7 Å². The molecule has 0 aliphatic rings. The lowest BCUT2D eigenvalue weighted by Gasteiger charge is -2.13. The molecule has 1 aromatic carbocycles. The maximum absolute atomic E-state index is 12.5. The van der Waals surface area contributed by atoms with Gasteiger partial charge in [0.15, 0.2) is 11.0 Å². The highest BCUT2D eigenvalue weighted by molar-refractivity contribution is 8.00. The standard InChI is InChI=1S/C18H17F3N4O2S2/c1-3-25-15(14-5-4-10-28-14)23-24-17(25)29-11(2)16(26)22-12-6-8-13(9-7-12)27-18(19,20)21/h4-11H,3H2,1-2H3,(H,22,26). The van der Waals surface area contributed by atoms with Crippen LogP contribution in [-0.4, -0.2) is 32.3 Å². The SMILES string of the molecule is CCn1c(SC(C)C(=O)Nc2ccc(OC(F)(F)F)cc2)nnc1-c1cccs1. The number of nitrogens with one attached hydrogen (secondary N) is 1. The number of carbonyl (C=O) groups is 1. The molecule has 0 radical (unpaired) electrons. The zero-order chi connectivity index (χ0) is 21.0. The molecular weight excluding hydrogens is 425 g/mol. The van der Waals surface area contributed by atoms with Crippen LogP contribution in [0.15, 0.2) is 46.9 Å². The zero-order valence-electron chi connectivity index (χ0n) is 15.4. The molecular formula is C18H17F3N4O2S2. The maximum atomic E-state index is 12.5. The lowest BCUT2D eigenvalue weighted by molar-refractivity contribution is -0.274. The van der Waals surface area contributed by atoms with E-state index in [0.717, 1.165) is 22.8 Å². The third kappa shape index (κ3) is 5.51. The number of amides is 1. The first kappa shape index (κ1) is 21.2. The number of anilines is 1. The Balaban J connectivity index is 1.64. The Morgan fingerprint density at radius 2 is 2.00 bits per heavy atom. The van der Waals surface area contributed by atoms with E-state index in [9.17, 15) is 18.0 Å². The van der Waals surface area contributed by atoms with Gasteiger partial charge < -0.3 is 14.6 Å². The van der Waals surface area contributed by atoms with Gasteiger partial charge in [0.25, 0.3) is 0 Å². The zero-order valence-corrected chi connectivity index (χ0v) is 17.1. The van der Waals surface area contributed by atoms with E-state index in [-0.39, 0.29) is 11.7 Å². The van der Waals surface area contributed by atoms with E-state index in [1.807, 2.05) is 29.0 Å². The van der Waals surface area contributed by atoms with Gasteiger partial charge in [-0.2, -0.15) is 0 Å². The molecule has 0 saturated carbocycles. The van der Waals surface area contributed by atoms with Crippen LogP contribution in [0.2, 0.25) is 0 Å². The van der Waals surface area contributed by atoms with E-state index in [0.29, 0.717) is 17.4 Å². The van der Waals surface area contributed by atoms with Crippen LogP contribution < -0.4 is 10.1 Å². The number of carbonyl (C=O) groups excluding carboxylic acids is 1. The first-order valence-electron chi connectivity index (χ1n) is 8.57. The number of hydrogen-bond acceptors (Lipinski definition) is 6. The van der Waals surface area contributed by atoms with Crippen molar-refractivity contribution in [3.05, 3.63) is 41.8 Å². The van der Waals surface area contributed by atoms with Gasteiger partial charge in [-0.1, -0.05) is 17.8 Å². The predicted molar refractivity (Wildman–Crippen MR) is 106 cm³/mol. The van der Waals surface area contributed by atoms with E-state index >= 15 is 0 Å². The summed E-state index contributed by atoms with van der Waals surface area (Å²) >= 11 is 2.82. The molecule has 0 aliphatic carbocycles. The minimum absolute atomic E-state index is 0.303. The number of benzene rings is 1. The molecule has 0 fully saturated rings. The number of aromatic nitrogens is 3. The second-order valence-electron chi connectivity index (χ2n) is 5.85. The Labute approximate surface area is 173 Å². The molecule has 1 unspecified atom stereocenters. The van der Waals surface area contributed by atoms with Crippen molar-refractivity contribution in [3.63, 3.8) is 0 Å². The largest absolute Gasteiger partial charge is 0.573 e. The van der Waals surface area contributed by atoms with Gasteiger partial charge in [-0.25, -0.2) is 0 Å². The summed E-state index contributed by atoms with van der Waals surface area (Å²) in [7, 11) is 0. The fourth-order valence-electron chi connectivity index (χ4n) is 2.44. The van der Waals surface area contributed by atoms with Crippen LogP contribution in [0.5, 0.6) is 5.75 Å². The molecule has 154 valence electrons. The summed E-state index contributed by atoms with van der Waals surface area (Å²) in [5, 5.41) is 13.2. The van der Waals surface area contributed by atoms with Crippen LogP contribution in [0.3, 0.4) is 0 Å². The summed E-state index contributed by atoms with van der Waals surface area (Å²) in [6, 6.07) is 8.86. The van der Waals surface area contributed by atoms with Crippen LogP contribution >= 0.6 is 23.1 Å². The number of nitrogens with zero attached hydrogens (tertiary/aromatic N) is 3. The Bertz CT molecular complexity index is 957. The van der Waals surface area contributed by atoms with Gasteiger partial charge in [-0.05, 0) is 49.6 Å². The quantitative estimate of drug-likeness (QED) is 0.519. The molecule has 1 amide bonds. The van der Waals surface area contributed by atoms with Crippen molar-refractivity contribution in [2.24, 2.45) is 0 Å². The molecule has 1 N–H and O–H groups in total. The molecule has 0 bridgehead atoms. The highest BCUT2D eigenvalue weighted by atomic mass is 32.2. The predicted octanol–water partition coefficient (Wildman–Crippen LogP) is 5.04. The number of rotatable bonds is 7. The number of thioether (sulfide) groups is 1. The van der Waals surface area contributed by atoms with Crippen molar-refractivity contribution in [1.82, 2.24) is 14.8 Å². The Morgan fingerprint density at radius 3 is 2.59 bits per heavy atom. The molecule has 11 heteroatoms. The van der Waals surface area contributed by atoms with Gasteiger partial charge in [0.05, 0.1) is 10.1 Å². The van der Waals surface area contributed by atoms with Gasteiger partial charge in [-0.3, -0.25) is 4.79 Å². The molecule has 0 aliphatic heterocycles. The summed E-state index contributed by atoms with van der Waals surface area (Å²) in [6.45, 7) is 4.35. The molecule has 3 rings (SSSR count). The topological polar surface area (TPSA) is 69.0 Å². The maximum Gasteiger partial charge on any atom is 0.573 e. The number of halogens is 3. The Morgan fingerprint density at radius 1 is 1.28 bits per heavy atom. The Hall–Kier alpha value is -2.53. The molecule has 0 spiro atoms. The third-order valence-electron chi connectivity index (χ3n) is 3.78. The van der Waals surface area contributed by atoms with E-state index in [1.54, 1.807) is 18.3 Å². The van der Waals surface area contributed by atoms with Crippen molar-refractivity contribution in [2.45, 2.75) is 37.2 Å². The first-order chi connectivity index (χ1) is 13.8. The molecule has 2 aromatic heterocycles. The number of hydrogen-bond donors (Lipinski definition) is 1. The van der Waals surface area contributed by atoms with E-state index in [1.165, 1.54) is 23.9 Å². The van der Waals surface area contributed by atoms with Crippen molar-refractivity contribution in [2.75, 3.05) is 5.32 Å². The van der Waals surface area contributed by atoms with Crippen LogP contribution in [0.1, 0.15) is 13.8 Å². The fraction of sp³-hybridized carbons (Fsp3) is 0.278. The number of alkyl halides is 3. The molecule has 3 aromatic rings. The van der Waals surface area contributed by atoms with Gasteiger partial charge in [0.2, 0.25) is 5.91 Å². The number of thiophene rings is 1. The second kappa shape index (κ2) is 8.87. The van der Waals surface area contributed by atoms with Crippen LogP contribution in [0.25, 0.3) is 10.7 Å². The smallest absolute Gasteiger partial charge is 0.406 e.